The SMILES string of the molecule is Cc1c(Cl)cccc1-n1c(SCC(=O)NCC(F)(F)F)nc2ccccc2c1=O. The molecular weight excluding hydrogens is 427 g/mol. The first-order valence-corrected chi connectivity index (χ1v) is 9.77. The monoisotopic (exact) mass is 441 g/mol. The molecule has 0 aliphatic heterocycles. The molecule has 5 nitrogen and oxygen atoms in total. The van der Waals surface area contributed by atoms with Crippen molar-refractivity contribution in [3.05, 3.63) is 63.4 Å². The molecule has 0 spiro atoms. The number of hydrogen-bond acceptors (Lipinski definition) is 4. The summed E-state index contributed by atoms with van der Waals surface area (Å²) in [6.07, 6.45) is -4.50. The van der Waals surface area contributed by atoms with E-state index in [1.807, 2.05) is 0 Å². The third-order valence-electron chi connectivity index (χ3n) is 4.04. The molecule has 0 bridgehead atoms. The molecule has 29 heavy (non-hydrogen) atoms. The molecule has 0 saturated carbocycles. The Balaban J connectivity index is 2.03. The van der Waals surface area contributed by atoms with Crippen LogP contribution in [-0.4, -0.2) is 33.9 Å². The number of fused-ring (bicyclic) bond motifs is 1. The number of thioether (sulfide) groups is 1. The maximum atomic E-state index is 13.1. The summed E-state index contributed by atoms with van der Waals surface area (Å²) in [4.78, 5) is 29.4. The van der Waals surface area contributed by atoms with Crippen LogP contribution < -0.4 is 10.9 Å². The third-order valence-corrected chi connectivity index (χ3v) is 5.39. The Morgan fingerprint density at radius 2 is 1.93 bits per heavy atom. The molecule has 0 unspecified atom stereocenters. The van der Waals surface area contributed by atoms with Gasteiger partial charge in [0.15, 0.2) is 5.16 Å². The van der Waals surface area contributed by atoms with Crippen molar-refractivity contribution in [3.63, 3.8) is 0 Å². The fourth-order valence-corrected chi connectivity index (χ4v) is 3.64. The molecule has 3 rings (SSSR count). The first-order valence-electron chi connectivity index (χ1n) is 8.41. The van der Waals surface area contributed by atoms with Crippen LogP contribution in [0.5, 0.6) is 0 Å². The quantitative estimate of drug-likeness (QED) is 0.478. The lowest BCUT2D eigenvalue weighted by molar-refractivity contribution is -0.136. The number of aromatic nitrogens is 2. The summed E-state index contributed by atoms with van der Waals surface area (Å²) in [6, 6.07) is 11.7. The zero-order valence-electron chi connectivity index (χ0n) is 15.1. The van der Waals surface area contributed by atoms with E-state index in [2.05, 4.69) is 4.98 Å². The number of benzene rings is 2. The van der Waals surface area contributed by atoms with Crippen molar-refractivity contribution in [2.24, 2.45) is 0 Å². The minimum atomic E-state index is -4.50. The second-order valence-corrected chi connectivity index (χ2v) is 7.47. The van der Waals surface area contributed by atoms with Gasteiger partial charge in [0, 0.05) is 5.02 Å². The number of alkyl halides is 3. The predicted molar refractivity (Wildman–Crippen MR) is 107 cm³/mol. The molecule has 0 saturated heterocycles. The van der Waals surface area contributed by atoms with Gasteiger partial charge in [0.05, 0.1) is 22.3 Å². The molecule has 10 heteroatoms. The smallest absolute Gasteiger partial charge is 0.346 e. The number of nitrogens with zero attached hydrogens (tertiary/aromatic N) is 2. The van der Waals surface area contributed by atoms with E-state index in [1.54, 1.807) is 54.7 Å². The van der Waals surface area contributed by atoms with Crippen molar-refractivity contribution in [1.29, 1.82) is 0 Å². The lowest BCUT2D eigenvalue weighted by atomic mass is 10.2. The Morgan fingerprint density at radius 1 is 1.21 bits per heavy atom. The van der Waals surface area contributed by atoms with Gasteiger partial charge < -0.3 is 5.32 Å². The number of carbonyl (C=O) groups is 1. The second kappa shape index (κ2) is 8.46. The van der Waals surface area contributed by atoms with E-state index in [-0.39, 0.29) is 16.5 Å². The van der Waals surface area contributed by atoms with Crippen molar-refractivity contribution in [2.45, 2.75) is 18.3 Å². The first-order chi connectivity index (χ1) is 13.7. The summed E-state index contributed by atoms with van der Waals surface area (Å²) in [7, 11) is 0. The fourth-order valence-electron chi connectivity index (χ4n) is 2.64. The van der Waals surface area contributed by atoms with Gasteiger partial charge in [0.25, 0.3) is 5.56 Å². The number of nitrogens with one attached hydrogen (secondary N) is 1. The summed E-state index contributed by atoms with van der Waals surface area (Å²) in [5, 5.41) is 2.80. The summed E-state index contributed by atoms with van der Waals surface area (Å²) in [6.45, 7) is 0.321. The molecule has 2 aromatic carbocycles. The molecule has 152 valence electrons. The van der Waals surface area contributed by atoms with Gasteiger partial charge in [-0.05, 0) is 36.8 Å². The molecule has 0 aliphatic carbocycles. The van der Waals surface area contributed by atoms with Crippen LogP contribution in [0.4, 0.5) is 13.2 Å². The van der Waals surface area contributed by atoms with Crippen LogP contribution in [0.2, 0.25) is 5.02 Å². The Bertz CT molecular complexity index is 1130. The Labute approximate surface area is 172 Å². The van der Waals surface area contributed by atoms with E-state index in [1.165, 1.54) is 4.57 Å². The van der Waals surface area contributed by atoms with Gasteiger partial charge in [-0.1, -0.05) is 41.6 Å². The first kappa shape index (κ1) is 21.2. The van der Waals surface area contributed by atoms with Crippen LogP contribution in [0, 0.1) is 6.92 Å². The average Bonchev–Trinajstić information content (AvgIpc) is 2.67. The van der Waals surface area contributed by atoms with Crippen LogP contribution in [-0.2, 0) is 4.79 Å². The topological polar surface area (TPSA) is 64.0 Å². The molecule has 1 heterocycles. The van der Waals surface area contributed by atoms with Gasteiger partial charge in [0.1, 0.15) is 6.54 Å². The summed E-state index contributed by atoms with van der Waals surface area (Å²) in [5.74, 6) is -1.15. The number of para-hydroxylation sites is 1. The summed E-state index contributed by atoms with van der Waals surface area (Å²) in [5.41, 5.74) is 1.18. The number of halogens is 4. The molecule has 0 radical (unpaired) electrons. The van der Waals surface area contributed by atoms with Gasteiger partial charge in [0.2, 0.25) is 5.91 Å². The zero-order valence-corrected chi connectivity index (χ0v) is 16.7. The lowest BCUT2D eigenvalue weighted by Crippen LogP contribution is -2.35. The van der Waals surface area contributed by atoms with E-state index < -0.39 is 18.6 Å². The number of rotatable bonds is 5. The van der Waals surface area contributed by atoms with E-state index in [4.69, 9.17) is 11.6 Å². The lowest BCUT2D eigenvalue weighted by Gasteiger charge is -2.16. The van der Waals surface area contributed by atoms with Crippen LogP contribution in [0.3, 0.4) is 0 Å². The van der Waals surface area contributed by atoms with Crippen molar-refractivity contribution < 1.29 is 18.0 Å². The fraction of sp³-hybridized carbons (Fsp3) is 0.211. The van der Waals surface area contributed by atoms with Gasteiger partial charge in [-0.2, -0.15) is 13.2 Å². The van der Waals surface area contributed by atoms with Gasteiger partial charge in [-0.15, -0.1) is 0 Å². The summed E-state index contributed by atoms with van der Waals surface area (Å²) < 4.78 is 38.2. The molecule has 1 N–H and O–H groups in total. The van der Waals surface area contributed by atoms with Gasteiger partial charge in [-0.25, -0.2) is 4.98 Å². The van der Waals surface area contributed by atoms with Crippen molar-refractivity contribution >= 4 is 40.2 Å². The minimum Gasteiger partial charge on any atom is -0.346 e. The van der Waals surface area contributed by atoms with Gasteiger partial charge in [-0.3, -0.25) is 14.2 Å². The Morgan fingerprint density at radius 3 is 2.66 bits per heavy atom. The molecule has 1 aromatic heterocycles. The van der Waals surface area contributed by atoms with Gasteiger partial charge >= 0.3 is 6.18 Å². The Kier molecular flexibility index (Phi) is 6.18. The number of amides is 1. The van der Waals surface area contributed by atoms with E-state index in [0.29, 0.717) is 27.2 Å². The predicted octanol–water partition coefficient (Wildman–Crippen LogP) is 4.12. The van der Waals surface area contributed by atoms with Crippen molar-refractivity contribution in [3.8, 4) is 5.69 Å². The van der Waals surface area contributed by atoms with E-state index in [0.717, 1.165) is 11.8 Å². The third kappa shape index (κ3) is 4.91. The van der Waals surface area contributed by atoms with Crippen LogP contribution >= 0.6 is 23.4 Å². The normalized spacial score (nSPS) is 11.6. The van der Waals surface area contributed by atoms with E-state index >= 15 is 0 Å². The number of hydrogen-bond donors (Lipinski definition) is 1. The molecule has 0 aliphatic rings. The second-order valence-electron chi connectivity index (χ2n) is 6.12. The van der Waals surface area contributed by atoms with Crippen LogP contribution in [0.25, 0.3) is 16.6 Å². The highest BCUT2D eigenvalue weighted by molar-refractivity contribution is 7.99. The summed E-state index contributed by atoms with van der Waals surface area (Å²) >= 11 is 7.06. The largest absolute Gasteiger partial charge is 0.405 e. The maximum Gasteiger partial charge on any atom is 0.405 e. The van der Waals surface area contributed by atoms with Crippen LogP contribution in [0.15, 0.2) is 52.4 Å². The van der Waals surface area contributed by atoms with Crippen molar-refractivity contribution in [1.82, 2.24) is 14.9 Å². The molecule has 0 fully saturated rings. The highest BCUT2D eigenvalue weighted by atomic mass is 35.5. The molecule has 1 amide bonds. The van der Waals surface area contributed by atoms with Crippen molar-refractivity contribution in [2.75, 3.05) is 12.3 Å². The molecular formula is C19H15ClF3N3O2S. The Hall–Kier alpha value is -2.52. The minimum absolute atomic E-state index is 0.182. The standard InChI is InChI=1S/C19H15ClF3N3O2S/c1-11-13(20)6-4-8-15(11)26-17(28)12-5-2-3-7-14(12)25-18(26)29-9-16(27)24-10-19(21,22)23/h2-8H,9-10H2,1H3,(H,24,27). The highest BCUT2D eigenvalue weighted by Gasteiger charge is 2.27. The zero-order chi connectivity index (χ0) is 21.2. The molecule has 0 atom stereocenters. The average molecular weight is 442 g/mol. The highest BCUT2D eigenvalue weighted by Crippen LogP contribution is 2.26. The van der Waals surface area contributed by atoms with E-state index in [9.17, 15) is 22.8 Å². The van der Waals surface area contributed by atoms with Crippen LogP contribution in [0.1, 0.15) is 5.56 Å². The molecule has 3 aromatic rings. The number of carbonyl (C=O) groups excluding carboxylic acids is 1. The maximum absolute atomic E-state index is 13.1.